The first-order valence-electron chi connectivity index (χ1n) is 8.85. The topological polar surface area (TPSA) is 52.0 Å². The number of carbonyl (C=O) groups is 1. The summed E-state index contributed by atoms with van der Waals surface area (Å²) in [5.74, 6) is 1.62. The molecule has 2 N–H and O–H groups in total. The van der Waals surface area contributed by atoms with Gasteiger partial charge in [-0.3, -0.25) is 4.79 Å². The van der Waals surface area contributed by atoms with E-state index in [0.717, 1.165) is 39.8 Å². The molecule has 0 saturated carbocycles. The molecule has 0 radical (unpaired) electrons. The summed E-state index contributed by atoms with van der Waals surface area (Å²) < 4.78 is 10.8. The zero-order chi connectivity index (χ0) is 19.1. The SMILES string of the molecule is COc1ccc(OCC[NH+](C)CC(=O)Nc2c(C)cc(C)cc2C)cc1. The van der Waals surface area contributed by atoms with Crippen molar-refractivity contribution in [2.24, 2.45) is 0 Å². The molecule has 26 heavy (non-hydrogen) atoms. The second-order valence-electron chi connectivity index (χ2n) is 6.73. The number of likely N-dealkylation sites (N-methyl/N-ethyl adjacent to an activating group) is 1. The highest BCUT2D eigenvalue weighted by Gasteiger charge is 2.13. The number of methoxy groups -OCH3 is 1. The van der Waals surface area contributed by atoms with Crippen LogP contribution in [0.3, 0.4) is 0 Å². The number of carbonyl (C=O) groups excluding carboxylic acids is 1. The lowest BCUT2D eigenvalue weighted by atomic mass is 10.1. The Bertz CT molecular complexity index is 718. The fraction of sp³-hybridized carbons (Fsp3) is 0.381. The molecule has 1 unspecified atom stereocenters. The van der Waals surface area contributed by atoms with E-state index in [-0.39, 0.29) is 5.91 Å². The van der Waals surface area contributed by atoms with Crippen LogP contribution < -0.4 is 19.7 Å². The maximum atomic E-state index is 12.3. The smallest absolute Gasteiger partial charge is 0.279 e. The maximum absolute atomic E-state index is 12.3. The summed E-state index contributed by atoms with van der Waals surface area (Å²) in [4.78, 5) is 13.4. The zero-order valence-electron chi connectivity index (χ0n) is 16.3. The lowest BCUT2D eigenvalue weighted by Crippen LogP contribution is -3.10. The molecule has 2 rings (SSSR count). The molecule has 0 fully saturated rings. The molecule has 0 aliphatic heterocycles. The Morgan fingerprint density at radius 3 is 2.19 bits per heavy atom. The summed E-state index contributed by atoms with van der Waals surface area (Å²) in [6, 6.07) is 11.7. The molecule has 1 amide bonds. The average molecular weight is 357 g/mol. The van der Waals surface area contributed by atoms with E-state index < -0.39 is 0 Å². The van der Waals surface area contributed by atoms with Gasteiger partial charge in [0.2, 0.25) is 0 Å². The molecular formula is C21H29N2O3+. The minimum absolute atomic E-state index is 0.0157. The molecule has 0 bridgehead atoms. The van der Waals surface area contributed by atoms with Gasteiger partial charge in [-0.15, -0.1) is 0 Å². The molecule has 2 aromatic carbocycles. The number of aryl methyl sites for hydroxylation is 3. The van der Waals surface area contributed by atoms with Crippen LogP contribution in [0, 0.1) is 20.8 Å². The molecule has 140 valence electrons. The molecule has 5 nitrogen and oxygen atoms in total. The van der Waals surface area contributed by atoms with Crippen molar-refractivity contribution in [1.82, 2.24) is 0 Å². The van der Waals surface area contributed by atoms with E-state index in [1.807, 2.05) is 45.2 Å². The van der Waals surface area contributed by atoms with E-state index in [1.165, 1.54) is 5.56 Å². The summed E-state index contributed by atoms with van der Waals surface area (Å²) in [5, 5.41) is 3.04. The predicted molar refractivity (Wildman–Crippen MR) is 104 cm³/mol. The van der Waals surface area contributed by atoms with E-state index >= 15 is 0 Å². The Hall–Kier alpha value is -2.53. The van der Waals surface area contributed by atoms with Crippen LogP contribution >= 0.6 is 0 Å². The van der Waals surface area contributed by atoms with Crippen LogP contribution in [-0.2, 0) is 4.79 Å². The Morgan fingerprint density at radius 1 is 1.04 bits per heavy atom. The number of benzene rings is 2. The third-order valence-electron chi connectivity index (χ3n) is 4.26. The van der Waals surface area contributed by atoms with Gasteiger partial charge in [-0.1, -0.05) is 17.7 Å². The van der Waals surface area contributed by atoms with Crippen molar-refractivity contribution in [2.45, 2.75) is 20.8 Å². The van der Waals surface area contributed by atoms with Crippen molar-refractivity contribution in [3.8, 4) is 11.5 Å². The summed E-state index contributed by atoms with van der Waals surface area (Å²) in [5.41, 5.74) is 4.31. The summed E-state index contributed by atoms with van der Waals surface area (Å²) in [6.45, 7) is 7.80. The Morgan fingerprint density at radius 2 is 1.62 bits per heavy atom. The first-order chi connectivity index (χ1) is 12.4. The number of quaternary nitrogens is 1. The van der Waals surface area contributed by atoms with Crippen LogP contribution in [0.5, 0.6) is 11.5 Å². The Balaban J connectivity index is 1.78. The number of rotatable bonds is 8. The quantitative estimate of drug-likeness (QED) is 0.761. The number of anilines is 1. The van der Waals surface area contributed by atoms with Crippen molar-refractivity contribution < 1.29 is 19.2 Å². The van der Waals surface area contributed by atoms with Gasteiger partial charge in [-0.05, 0) is 56.2 Å². The largest absolute Gasteiger partial charge is 0.497 e. The summed E-state index contributed by atoms with van der Waals surface area (Å²) in [7, 11) is 3.63. The predicted octanol–water partition coefficient (Wildman–Crippen LogP) is 2.15. The average Bonchev–Trinajstić information content (AvgIpc) is 2.58. The number of nitrogens with one attached hydrogen (secondary N) is 2. The van der Waals surface area contributed by atoms with Crippen LogP contribution in [0.15, 0.2) is 36.4 Å². The highest BCUT2D eigenvalue weighted by molar-refractivity contribution is 5.93. The standard InChI is InChI=1S/C21H28N2O3/c1-15-12-16(2)21(17(3)13-15)22-20(24)14-23(4)10-11-26-19-8-6-18(25-5)7-9-19/h6-9,12-13H,10-11,14H2,1-5H3,(H,22,24)/p+1. The molecule has 2 aromatic rings. The molecule has 1 atom stereocenters. The third-order valence-corrected chi connectivity index (χ3v) is 4.26. The van der Waals surface area contributed by atoms with E-state index in [2.05, 4.69) is 24.4 Å². The third kappa shape index (κ3) is 5.77. The van der Waals surface area contributed by atoms with Gasteiger partial charge in [0.15, 0.2) is 6.54 Å². The molecule has 5 heteroatoms. The second kappa shape index (κ2) is 9.25. The zero-order valence-corrected chi connectivity index (χ0v) is 16.3. The van der Waals surface area contributed by atoms with Gasteiger partial charge in [0.05, 0.1) is 14.2 Å². The van der Waals surface area contributed by atoms with Crippen molar-refractivity contribution in [1.29, 1.82) is 0 Å². The van der Waals surface area contributed by atoms with Gasteiger partial charge >= 0.3 is 0 Å². The van der Waals surface area contributed by atoms with Crippen LogP contribution in [-0.4, -0.2) is 39.8 Å². The van der Waals surface area contributed by atoms with E-state index in [9.17, 15) is 4.79 Å². The molecule has 0 aliphatic rings. The van der Waals surface area contributed by atoms with E-state index in [1.54, 1.807) is 7.11 Å². The van der Waals surface area contributed by atoms with Gasteiger partial charge < -0.3 is 19.7 Å². The molecule has 0 saturated heterocycles. The summed E-state index contributed by atoms with van der Waals surface area (Å²) >= 11 is 0. The monoisotopic (exact) mass is 357 g/mol. The minimum atomic E-state index is 0.0157. The van der Waals surface area contributed by atoms with Gasteiger partial charge in [0.1, 0.15) is 24.7 Å². The number of hydrogen-bond acceptors (Lipinski definition) is 3. The van der Waals surface area contributed by atoms with Gasteiger partial charge in [-0.25, -0.2) is 0 Å². The van der Waals surface area contributed by atoms with Gasteiger partial charge in [0, 0.05) is 5.69 Å². The van der Waals surface area contributed by atoms with Crippen LogP contribution in [0.4, 0.5) is 5.69 Å². The van der Waals surface area contributed by atoms with Crippen molar-refractivity contribution in [2.75, 3.05) is 39.2 Å². The molecule has 0 aromatic heterocycles. The van der Waals surface area contributed by atoms with Gasteiger partial charge in [-0.2, -0.15) is 0 Å². The number of ether oxygens (including phenoxy) is 2. The van der Waals surface area contributed by atoms with Crippen LogP contribution in [0.25, 0.3) is 0 Å². The number of amides is 1. The first kappa shape index (κ1) is 19.8. The van der Waals surface area contributed by atoms with Crippen molar-refractivity contribution in [3.63, 3.8) is 0 Å². The Labute approximate surface area is 155 Å². The fourth-order valence-electron chi connectivity index (χ4n) is 2.94. The second-order valence-corrected chi connectivity index (χ2v) is 6.73. The Kier molecular flexibility index (Phi) is 7.04. The first-order valence-corrected chi connectivity index (χ1v) is 8.85. The molecule has 0 heterocycles. The highest BCUT2D eigenvalue weighted by Crippen LogP contribution is 2.21. The van der Waals surface area contributed by atoms with E-state index in [0.29, 0.717) is 13.2 Å². The lowest BCUT2D eigenvalue weighted by Gasteiger charge is -2.16. The van der Waals surface area contributed by atoms with Crippen molar-refractivity contribution >= 4 is 11.6 Å². The van der Waals surface area contributed by atoms with Crippen LogP contribution in [0.2, 0.25) is 0 Å². The normalized spacial score (nSPS) is 11.7. The fourth-order valence-corrected chi connectivity index (χ4v) is 2.94. The maximum Gasteiger partial charge on any atom is 0.279 e. The summed E-state index contributed by atoms with van der Waals surface area (Å²) in [6.07, 6.45) is 0. The number of hydrogen-bond donors (Lipinski definition) is 2. The van der Waals surface area contributed by atoms with Gasteiger partial charge in [0.25, 0.3) is 5.91 Å². The van der Waals surface area contributed by atoms with Crippen molar-refractivity contribution in [3.05, 3.63) is 53.1 Å². The highest BCUT2D eigenvalue weighted by atomic mass is 16.5. The minimum Gasteiger partial charge on any atom is -0.497 e. The molecule has 0 spiro atoms. The molecule has 0 aliphatic carbocycles. The van der Waals surface area contributed by atoms with Crippen LogP contribution in [0.1, 0.15) is 16.7 Å². The molecular weight excluding hydrogens is 328 g/mol. The lowest BCUT2D eigenvalue weighted by molar-refractivity contribution is -0.871. The van der Waals surface area contributed by atoms with E-state index in [4.69, 9.17) is 9.47 Å².